The highest BCUT2D eigenvalue weighted by Crippen LogP contribution is 2.21. The van der Waals surface area contributed by atoms with Crippen molar-refractivity contribution >= 4 is 11.8 Å². The van der Waals surface area contributed by atoms with Gasteiger partial charge in [-0.2, -0.15) is 0 Å². The molecular formula is C23H32N2O3. The number of nitrogens with zero attached hydrogens (tertiary/aromatic N) is 2. The molecule has 1 saturated heterocycles. The Morgan fingerprint density at radius 1 is 1.14 bits per heavy atom. The maximum Gasteiger partial charge on any atom is 0.340 e. The molecule has 0 amide bonds. The number of anilines is 1. The van der Waals surface area contributed by atoms with Gasteiger partial charge in [0.05, 0.1) is 5.56 Å². The first-order valence-electron chi connectivity index (χ1n) is 9.79. The minimum atomic E-state index is -0.364. The Morgan fingerprint density at radius 2 is 1.79 bits per heavy atom. The third-order valence-corrected chi connectivity index (χ3v) is 4.39. The molecule has 28 heavy (non-hydrogen) atoms. The normalized spacial score (nSPS) is 13.5. The smallest absolute Gasteiger partial charge is 0.340 e. The summed E-state index contributed by atoms with van der Waals surface area (Å²) in [5.41, 5.74) is 1.42. The fourth-order valence-electron chi connectivity index (χ4n) is 2.84. The van der Waals surface area contributed by atoms with Gasteiger partial charge >= 0.3 is 5.97 Å². The number of hydrogen-bond acceptors (Lipinski definition) is 5. The Bertz CT molecular complexity index is 666. The van der Waals surface area contributed by atoms with Crippen LogP contribution in [0.25, 0.3) is 0 Å². The van der Waals surface area contributed by atoms with Crippen molar-refractivity contribution in [3.63, 3.8) is 0 Å². The molecule has 1 aliphatic heterocycles. The summed E-state index contributed by atoms with van der Waals surface area (Å²) in [5, 5.41) is 9.19. The number of esters is 1. The number of carbonyl (C=O) groups excluding carboxylic acids is 1. The number of carbonyl (C=O) groups is 1. The summed E-state index contributed by atoms with van der Waals surface area (Å²) in [6.45, 7) is 12.3. The molecule has 2 aromatic rings. The predicted molar refractivity (Wildman–Crippen MR) is 114 cm³/mol. The fraction of sp³-hybridized carbons (Fsp3) is 0.391. The van der Waals surface area contributed by atoms with E-state index in [0.29, 0.717) is 11.5 Å². The van der Waals surface area contributed by atoms with Crippen molar-refractivity contribution in [2.24, 2.45) is 5.92 Å². The van der Waals surface area contributed by atoms with Gasteiger partial charge in [0.25, 0.3) is 0 Å². The average molecular weight is 385 g/mol. The van der Waals surface area contributed by atoms with Gasteiger partial charge in [-0.1, -0.05) is 44.2 Å². The van der Waals surface area contributed by atoms with Crippen LogP contribution in [0.4, 0.5) is 5.82 Å². The number of ether oxygens (including phenoxy) is 1. The first-order chi connectivity index (χ1) is 13.8. The minimum absolute atomic E-state index is 0.257. The van der Waals surface area contributed by atoms with Crippen LogP contribution in [0.3, 0.4) is 0 Å². The lowest BCUT2D eigenvalue weighted by molar-refractivity contribution is 0.0472. The highest BCUT2D eigenvalue weighted by Gasteiger charge is 2.19. The summed E-state index contributed by atoms with van der Waals surface area (Å²) < 4.78 is 5.31. The molecule has 0 atom stereocenters. The number of rotatable bonds is 5. The molecule has 0 bridgehead atoms. The van der Waals surface area contributed by atoms with Crippen LogP contribution in [0.15, 0.2) is 61.8 Å². The van der Waals surface area contributed by atoms with Crippen molar-refractivity contribution < 1.29 is 14.6 Å². The van der Waals surface area contributed by atoms with Crippen LogP contribution in [-0.4, -0.2) is 35.8 Å². The van der Waals surface area contributed by atoms with E-state index in [-0.39, 0.29) is 19.2 Å². The van der Waals surface area contributed by atoms with Gasteiger partial charge < -0.3 is 14.7 Å². The number of aliphatic hydroxyl groups excluding tert-OH is 1. The molecular weight excluding hydrogens is 352 g/mol. The molecule has 0 spiro atoms. The molecule has 3 rings (SSSR count). The molecule has 0 aliphatic carbocycles. The first kappa shape index (κ1) is 23.4. The second kappa shape index (κ2) is 13.5. The lowest BCUT2D eigenvalue weighted by atomic mass is 9.98. The predicted octanol–water partition coefficient (Wildman–Crippen LogP) is 4.48. The molecule has 1 N–H and O–H groups in total. The molecule has 1 aromatic heterocycles. The minimum Gasteiger partial charge on any atom is -0.457 e. The standard InChI is InChI=1S/C19H22N2O3.C2H6.C2H4/c22-13-15-8-10-21(11-9-15)18-7-6-17(12-20-18)19(23)24-14-16-4-2-1-3-5-16;2*1-2/h1-7,12,15,22H,8-11,13-14H2;1-2H3;1-2H2. The van der Waals surface area contributed by atoms with Crippen LogP contribution in [0.5, 0.6) is 0 Å². The van der Waals surface area contributed by atoms with Crippen molar-refractivity contribution in [2.75, 3.05) is 24.6 Å². The zero-order chi connectivity index (χ0) is 20.8. The van der Waals surface area contributed by atoms with Gasteiger partial charge in [-0.05, 0) is 36.5 Å². The summed E-state index contributed by atoms with van der Waals surface area (Å²) >= 11 is 0. The quantitative estimate of drug-likeness (QED) is 0.608. The third kappa shape index (κ3) is 7.16. The third-order valence-electron chi connectivity index (χ3n) is 4.39. The van der Waals surface area contributed by atoms with Gasteiger partial charge in [-0.3, -0.25) is 0 Å². The molecule has 2 heterocycles. The van der Waals surface area contributed by atoms with Crippen molar-refractivity contribution in [2.45, 2.75) is 33.3 Å². The Balaban J connectivity index is 0.000000921. The lowest BCUT2D eigenvalue weighted by Crippen LogP contribution is -2.35. The van der Waals surface area contributed by atoms with E-state index in [1.54, 1.807) is 12.3 Å². The Morgan fingerprint density at radius 3 is 2.32 bits per heavy atom. The van der Waals surface area contributed by atoms with Crippen LogP contribution in [0.1, 0.15) is 42.6 Å². The van der Waals surface area contributed by atoms with Gasteiger partial charge in [0.2, 0.25) is 0 Å². The summed E-state index contributed by atoms with van der Waals surface area (Å²) in [7, 11) is 0. The van der Waals surface area contributed by atoms with E-state index < -0.39 is 0 Å². The molecule has 1 aliphatic rings. The molecule has 0 saturated carbocycles. The van der Waals surface area contributed by atoms with E-state index in [2.05, 4.69) is 23.0 Å². The van der Waals surface area contributed by atoms with Crippen LogP contribution in [0, 0.1) is 5.92 Å². The van der Waals surface area contributed by atoms with Gasteiger partial charge in [0, 0.05) is 25.9 Å². The zero-order valence-electron chi connectivity index (χ0n) is 17.0. The van der Waals surface area contributed by atoms with Crippen molar-refractivity contribution in [3.05, 3.63) is 72.9 Å². The van der Waals surface area contributed by atoms with Crippen LogP contribution in [-0.2, 0) is 11.3 Å². The molecule has 152 valence electrons. The van der Waals surface area contributed by atoms with Gasteiger partial charge in [-0.25, -0.2) is 9.78 Å². The van der Waals surface area contributed by atoms with E-state index in [0.717, 1.165) is 37.3 Å². The maximum absolute atomic E-state index is 12.1. The molecule has 0 radical (unpaired) electrons. The monoisotopic (exact) mass is 384 g/mol. The second-order valence-electron chi connectivity index (χ2n) is 6.08. The second-order valence-corrected chi connectivity index (χ2v) is 6.08. The largest absolute Gasteiger partial charge is 0.457 e. The molecule has 1 fully saturated rings. The number of benzene rings is 1. The summed E-state index contributed by atoms with van der Waals surface area (Å²) in [6, 6.07) is 13.2. The molecule has 1 aromatic carbocycles. The average Bonchev–Trinajstić information content (AvgIpc) is 2.81. The number of aliphatic hydroxyl groups is 1. The van der Waals surface area contributed by atoms with Crippen molar-refractivity contribution in [3.8, 4) is 0 Å². The SMILES string of the molecule is C=C.CC.O=C(OCc1ccccc1)c1ccc(N2CCC(CO)CC2)nc1. The van der Waals surface area contributed by atoms with Crippen LogP contribution < -0.4 is 4.90 Å². The first-order valence-corrected chi connectivity index (χ1v) is 9.79. The number of pyridine rings is 1. The van der Waals surface area contributed by atoms with E-state index in [4.69, 9.17) is 4.74 Å². The maximum atomic E-state index is 12.1. The Hall–Kier alpha value is -2.66. The zero-order valence-corrected chi connectivity index (χ0v) is 17.0. The van der Waals surface area contributed by atoms with Crippen LogP contribution >= 0.6 is 0 Å². The van der Waals surface area contributed by atoms with Gasteiger partial charge in [-0.15, -0.1) is 13.2 Å². The van der Waals surface area contributed by atoms with Crippen LogP contribution in [0.2, 0.25) is 0 Å². The summed E-state index contributed by atoms with van der Waals surface area (Å²) in [6.07, 6.45) is 3.51. The summed E-state index contributed by atoms with van der Waals surface area (Å²) in [4.78, 5) is 18.7. The molecule has 5 nitrogen and oxygen atoms in total. The van der Waals surface area contributed by atoms with Gasteiger partial charge in [0.15, 0.2) is 0 Å². The Kier molecular flexibility index (Phi) is 11.3. The van der Waals surface area contributed by atoms with E-state index >= 15 is 0 Å². The topological polar surface area (TPSA) is 62.7 Å². The highest BCUT2D eigenvalue weighted by atomic mass is 16.5. The Labute approximate surface area is 168 Å². The van der Waals surface area contributed by atoms with Crippen molar-refractivity contribution in [1.29, 1.82) is 0 Å². The molecule has 5 heteroatoms. The summed E-state index contributed by atoms with van der Waals surface area (Å²) in [5.74, 6) is 0.899. The highest BCUT2D eigenvalue weighted by molar-refractivity contribution is 5.89. The number of piperidine rings is 1. The fourth-order valence-corrected chi connectivity index (χ4v) is 2.84. The number of aromatic nitrogens is 1. The molecule has 0 unspecified atom stereocenters. The lowest BCUT2D eigenvalue weighted by Gasteiger charge is -2.31. The van der Waals surface area contributed by atoms with E-state index in [9.17, 15) is 9.90 Å². The van der Waals surface area contributed by atoms with E-state index in [1.807, 2.05) is 50.2 Å². The van der Waals surface area contributed by atoms with Crippen molar-refractivity contribution in [1.82, 2.24) is 4.98 Å². The number of hydrogen-bond donors (Lipinski definition) is 1. The van der Waals surface area contributed by atoms with Gasteiger partial charge in [0.1, 0.15) is 12.4 Å². The van der Waals surface area contributed by atoms with E-state index in [1.165, 1.54) is 0 Å².